The fraction of sp³-hybridized carbons (Fsp3) is 0.308. The molecule has 1 heterocycles. The van der Waals surface area contributed by atoms with Crippen LogP contribution in [0.25, 0.3) is 0 Å². The maximum atomic E-state index is 13.4. The molecule has 2 amide bonds. The van der Waals surface area contributed by atoms with Crippen LogP contribution in [-0.4, -0.2) is 30.2 Å². The van der Waals surface area contributed by atoms with Crippen LogP contribution in [0.2, 0.25) is 5.02 Å². The zero-order chi connectivity index (χ0) is 22.9. The number of allylic oxidation sites excluding steroid dienone is 2. The number of anilines is 1. The van der Waals surface area contributed by atoms with Crippen LogP contribution < -0.4 is 4.90 Å². The van der Waals surface area contributed by atoms with Gasteiger partial charge in [0.2, 0.25) is 11.8 Å². The Morgan fingerprint density at radius 3 is 2.15 bits per heavy atom. The first-order valence-electron chi connectivity index (χ1n) is 11.1. The van der Waals surface area contributed by atoms with Gasteiger partial charge in [-0.05, 0) is 66.5 Å². The van der Waals surface area contributed by atoms with Crippen molar-refractivity contribution in [3.05, 3.63) is 76.8 Å². The summed E-state index contributed by atoms with van der Waals surface area (Å²) in [6.07, 6.45) is 5.30. The summed E-state index contributed by atoms with van der Waals surface area (Å²) in [5.74, 6) is -1.14. The Morgan fingerprint density at radius 2 is 1.52 bits per heavy atom. The molecule has 6 nitrogen and oxygen atoms in total. The van der Waals surface area contributed by atoms with Gasteiger partial charge < -0.3 is 4.74 Å². The Balaban J connectivity index is 1.24. The molecular formula is C26H20ClNO5. The second kappa shape index (κ2) is 7.39. The third-order valence-electron chi connectivity index (χ3n) is 7.53. The number of ether oxygens (including phenoxy) is 1. The van der Waals surface area contributed by atoms with Crippen LogP contribution in [0.1, 0.15) is 27.1 Å². The van der Waals surface area contributed by atoms with E-state index < -0.39 is 12.6 Å². The van der Waals surface area contributed by atoms with Gasteiger partial charge in [-0.25, -0.2) is 9.69 Å². The lowest BCUT2D eigenvalue weighted by molar-refractivity contribution is -0.124. The molecule has 7 rings (SSSR count). The average Bonchev–Trinajstić information content (AvgIpc) is 3.61. The molecule has 0 N–H and O–H groups in total. The smallest absolute Gasteiger partial charge is 0.340 e. The molecule has 5 aliphatic rings. The lowest BCUT2D eigenvalue weighted by Crippen LogP contribution is -2.40. The van der Waals surface area contributed by atoms with Gasteiger partial charge in [0.05, 0.1) is 23.1 Å². The number of hydrogen-bond donors (Lipinski definition) is 0. The zero-order valence-corrected chi connectivity index (χ0v) is 18.3. The molecule has 2 bridgehead atoms. The highest BCUT2D eigenvalue weighted by molar-refractivity contribution is 6.30. The molecule has 1 saturated heterocycles. The van der Waals surface area contributed by atoms with Crippen LogP contribution in [0, 0.1) is 35.5 Å². The number of carbonyl (C=O) groups is 4. The van der Waals surface area contributed by atoms with Gasteiger partial charge in [-0.1, -0.05) is 35.9 Å². The Labute approximate surface area is 195 Å². The van der Waals surface area contributed by atoms with Crippen molar-refractivity contribution in [3.8, 4) is 0 Å². The third-order valence-corrected chi connectivity index (χ3v) is 7.78. The lowest BCUT2D eigenvalue weighted by atomic mass is 9.63. The van der Waals surface area contributed by atoms with Gasteiger partial charge in [-0.2, -0.15) is 0 Å². The van der Waals surface area contributed by atoms with Crippen LogP contribution in [0.5, 0.6) is 0 Å². The van der Waals surface area contributed by atoms with E-state index in [1.807, 2.05) is 0 Å². The molecule has 33 heavy (non-hydrogen) atoms. The van der Waals surface area contributed by atoms with Crippen molar-refractivity contribution in [2.24, 2.45) is 35.5 Å². The SMILES string of the molecule is O=C(COC(=O)c1ccccc1N1C(=O)[C@@H]2[C@H]3C=C[C@@H]([C@@H]4C[C@@H]34)[C@@H]2C1=O)c1ccc(Cl)cc1. The standard InChI is InChI=1S/C26H20ClNO5/c27-14-7-5-13(6-8-14)21(29)12-33-26(32)17-3-1-2-4-20(17)28-24(30)22-15-9-10-16(19-11-18(15)19)23(22)25(28)31/h1-10,15-16,18-19,22-23H,11-12H2/t15-,16-,18-,19-,22-,23+/m0/s1. The van der Waals surface area contributed by atoms with Gasteiger partial charge in [0, 0.05) is 10.6 Å². The predicted molar refractivity (Wildman–Crippen MR) is 120 cm³/mol. The molecular weight excluding hydrogens is 442 g/mol. The van der Waals surface area contributed by atoms with Crippen molar-refractivity contribution in [2.45, 2.75) is 6.42 Å². The highest BCUT2D eigenvalue weighted by Crippen LogP contribution is 2.65. The minimum absolute atomic E-state index is 0.0900. The maximum Gasteiger partial charge on any atom is 0.340 e. The van der Waals surface area contributed by atoms with E-state index in [1.165, 1.54) is 11.0 Å². The van der Waals surface area contributed by atoms with Crippen molar-refractivity contribution >= 4 is 40.9 Å². The molecule has 0 radical (unpaired) electrons. The van der Waals surface area contributed by atoms with E-state index in [1.54, 1.807) is 42.5 Å². The number of imide groups is 1. The summed E-state index contributed by atoms with van der Waals surface area (Å²) < 4.78 is 5.26. The number of carbonyl (C=O) groups excluding carboxylic acids is 4. The molecule has 4 aliphatic carbocycles. The number of para-hydroxylation sites is 1. The van der Waals surface area contributed by atoms with E-state index in [0.29, 0.717) is 22.4 Å². The van der Waals surface area contributed by atoms with Crippen LogP contribution in [-0.2, 0) is 14.3 Å². The van der Waals surface area contributed by atoms with Gasteiger partial charge in [0.15, 0.2) is 12.4 Å². The first-order chi connectivity index (χ1) is 16.0. The molecule has 0 unspecified atom stereocenters. The van der Waals surface area contributed by atoms with Crippen molar-refractivity contribution in [2.75, 3.05) is 11.5 Å². The largest absolute Gasteiger partial charge is 0.454 e. The minimum atomic E-state index is -0.757. The number of rotatable bonds is 5. The number of nitrogens with zero attached hydrogens (tertiary/aromatic N) is 1. The van der Waals surface area contributed by atoms with Crippen molar-refractivity contribution in [3.63, 3.8) is 0 Å². The van der Waals surface area contributed by atoms with Gasteiger partial charge in [0.25, 0.3) is 0 Å². The minimum Gasteiger partial charge on any atom is -0.454 e. The first kappa shape index (κ1) is 20.4. The van der Waals surface area contributed by atoms with E-state index in [2.05, 4.69) is 12.2 Å². The van der Waals surface area contributed by atoms with Crippen molar-refractivity contribution in [1.29, 1.82) is 0 Å². The topological polar surface area (TPSA) is 80.8 Å². The van der Waals surface area contributed by atoms with E-state index in [9.17, 15) is 19.2 Å². The highest BCUT2D eigenvalue weighted by Gasteiger charge is 2.67. The Kier molecular flexibility index (Phi) is 4.56. The summed E-state index contributed by atoms with van der Waals surface area (Å²) >= 11 is 5.84. The molecule has 0 spiro atoms. The Hall–Kier alpha value is -3.25. The zero-order valence-electron chi connectivity index (χ0n) is 17.5. The lowest BCUT2D eigenvalue weighted by Gasteiger charge is -2.37. The van der Waals surface area contributed by atoms with E-state index in [0.717, 1.165) is 6.42 Å². The van der Waals surface area contributed by atoms with E-state index in [-0.39, 0.29) is 52.5 Å². The number of benzene rings is 2. The van der Waals surface area contributed by atoms with Gasteiger partial charge in [-0.3, -0.25) is 14.4 Å². The normalized spacial score (nSPS) is 30.8. The number of Topliss-reactive ketones (excluding diaryl/α,β-unsaturated/α-hetero) is 1. The van der Waals surface area contributed by atoms with Gasteiger partial charge >= 0.3 is 5.97 Å². The average molecular weight is 462 g/mol. The molecule has 2 aromatic carbocycles. The maximum absolute atomic E-state index is 13.4. The fourth-order valence-electron chi connectivity index (χ4n) is 5.96. The van der Waals surface area contributed by atoms with Crippen molar-refractivity contribution in [1.82, 2.24) is 0 Å². The van der Waals surface area contributed by atoms with Crippen molar-refractivity contribution < 1.29 is 23.9 Å². The van der Waals surface area contributed by atoms with Gasteiger partial charge in [-0.15, -0.1) is 0 Å². The molecule has 2 aromatic rings. The molecule has 1 aliphatic heterocycles. The summed E-state index contributed by atoms with van der Waals surface area (Å²) in [5.41, 5.74) is 0.683. The summed E-state index contributed by atoms with van der Waals surface area (Å²) in [7, 11) is 0. The molecule has 3 fully saturated rings. The highest BCUT2D eigenvalue weighted by atomic mass is 35.5. The molecule has 6 atom stereocenters. The van der Waals surface area contributed by atoms with Gasteiger partial charge in [0.1, 0.15) is 0 Å². The van der Waals surface area contributed by atoms with Crippen LogP contribution in [0.3, 0.4) is 0 Å². The van der Waals surface area contributed by atoms with Crippen LogP contribution in [0.4, 0.5) is 5.69 Å². The Bertz CT molecular complexity index is 1200. The summed E-state index contributed by atoms with van der Waals surface area (Å²) in [6.45, 7) is -0.459. The van der Waals surface area contributed by atoms with E-state index >= 15 is 0 Å². The number of halogens is 1. The molecule has 0 aromatic heterocycles. The Morgan fingerprint density at radius 1 is 0.909 bits per heavy atom. The van der Waals surface area contributed by atoms with Crippen LogP contribution in [0.15, 0.2) is 60.7 Å². The number of amides is 2. The summed E-state index contributed by atoms with van der Waals surface area (Å²) in [5, 5.41) is 0.499. The molecule has 166 valence electrons. The monoisotopic (exact) mass is 461 g/mol. The first-order valence-corrected chi connectivity index (χ1v) is 11.4. The molecule has 7 heteroatoms. The van der Waals surface area contributed by atoms with E-state index in [4.69, 9.17) is 16.3 Å². The fourth-order valence-corrected chi connectivity index (χ4v) is 6.09. The number of esters is 1. The molecule has 2 saturated carbocycles. The number of hydrogen-bond acceptors (Lipinski definition) is 5. The quantitative estimate of drug-likeness (QED) is 0.291. The summed E-state index contributed by atoms with van der Waals surface area (Å²) in [4.78, 5) is 53.3. The van der Waals surface area contributed by atoms with Crippen LogP contribution >= 0.6 is 11.6 Å². The number of ketones is 1. The third kappa shape index (κ3) is 3.08. The predicted octanol–water partition coefficient (Wildman–Crippen LogP) is 3.94. The second-order valence-corrected chi connectivity index (χ2v) is 9.63. The summed E-state index contributed by atoms with van der Waals surface area (Å²) in [6, 6.07) is 12.7. The second-order valence-electron chi connectivity index (χ2n) is 9.19.